The molecule has 0 aliphatic heterocycles. The summed E-state index contributed by atoms with van der Waals surface area (Å²) in [7, 11) is 0. The minimum absolute atomic E-state index is 0.885. The van der Waals surface area contributed by atoms with Gasteiger partial charge < -0.3 is 5.73 Å². The van der Waals surface area contributed by atoms with E-state index in [0.717, 1.165) is 15.7 Å². The smallest absolute Gasteiger partial charge is 0.0455 e. The normalized spacial score (nSPS) is 13.5. The van der Waals surface area contributed by atoms with Crippen LogP contribution < -0.4 is 5.73 Å². The molecule has 0 saturated carbocycles. The Labute approximate surface area is 79.4 Å². The zero-order chi connectivity index (χ0) is 7.84. The van der Waals surface area contributed by atoms with Crippen molar-refractivity contribution in [2.24, 2.45) is 0 Å². The second-order valence-corrected chi connectivity index (χ2v) is 3.84. The van der Waals surface area contributed by atoms with Crippen LogP contribution in [0.4, 0.5) is 5.69 Å². The summed E-state index contributed by atoms with van der Waals surface area (Å²) in [5, 5.41) is 0. The Morgan fingerprint density at radius 1 is 1.36 bits per heavy atom. The molecule has 1 aromatic rings. The van der Waals surface area contributed by atoms with Crippen LogP contribution in [0, 0.1) is 3.57 Å². The maximum atomic E-state index is 5.75. The van der Waals surface area contributed by atoms with Crippen LogP contribution in [0.5, 0.6) is 0 Å². The van der Waals surface area contributed by atoms with E-state index in [2.05, 4.69) is 40.8 Å². The van der Waals surface area contributed by atoms with E-state index in [1.807, 2.05) is 6.07 Å². The molecule has 1 aliphatic rings. The van der Waals surface area contributed by atoms with Gasteiger partial charge in [0.1, 0.15) is 0 Å². The number of fused-ring (bicyclic) bond motifs is 1. The number of allylic oxidation sites excluding steroid dienone is 1. The van der Waals surface area contributed by atoms with Crippen LogP contribution in [0.15, 0.2) is 18.2 Å². The lowest BCUT2D eigenvalue weighted by atomic mass is 10.1. The molecule has 1 aliphatic carbocycles. The molecule has 0 saturated heterocycles. The number of benzene rings is 1. The molecule has 1 nitrogen and oxygen atoms in total. The van der Waals surface area contributed by atoms with E-state index < -0.39 is 0 Å². The molecule has 56 valence electrons. The predicted molar refractivity (Wildman–Crippen MR) is 56.3 cm³/mol. The molecule has 0 atom stereocenters. The summed E-state index contributed by atoms with van der Waals surface area (Å²) in [5.41, 5.74) is 9.31. The van der Waals surface area contributed by atoms with Crippen LogP contribution in [0.25, 0.3) is 6.08 Å². The molecular weight excluding hydrogens is 249 g/mol. The number of rotatable bonds is 0. The fraction of sp³-hybridized carbons (Fsp3) is 0.111. The predicted octanol–water partition coefficient (Wildman–Crippen LogP) is 2.44. The highest BCUT2D eigenvalue weighted by atomic mass is 127. The summed E-state index contributed by atoms with van der Waals surface area (Å²) < 4.78 is 1.16. The molecule has 1 aromatic carbocycles. The van der Waals surface area contributed by atoms with Crippen LogP contribution in [-0.2, 0) is 6.42 Å². The van der Waals surface area contributed by atoms with Crippen molar-refractivity contribution in [3.63, 3.8) is 0 Å². The summed E-state index contributed by atoms with van der Waals surface area (Å²) >= 11 is 2.26. The number of hydrogen-bond acceptors (Lipinski definition) is 1. The highest BCUT2D eigenvalue weighted by Crippen LogP contribution is 2.25. The average molecular weight is 257 g/mol. The summed E-state index contributed by atoms with van der Waals surface area (Å²) in [6.07, 6.45) is 5.35. The Balaban J connectivity index is 2.63. The van der Waals surface area contributed by atoms with E-state index >= 15 is 0 Å². The fourth-order valence-corrected chi connectivity index (χ4v) is 1.83. The topological polar surface area (TPSA) is 26.0 Å². The Kier molecular flexibility index (Phi) is 1.64. The van der Waals surface area contributed by atoms with Crippen molar-refractivity contribution in [1.29, 1.82) is 0 Å². The van der Waals surface area contributed by atoms with Crippen LogP contribution in [0.3, 0.4) is 0 Å². The lowest BCUT2D eigenvalue weighted by Crippen LogP contribution is -1.92. The maximum Gasteiger partial charge on any atom is 0.0455 e. The molecule has 0 aromatic heterocycles. The monoisotopic (exact) mass is 257 g/mol. The first-order chi connectivity index (χ1) is 5.27. The van der Waals surface area contributed by atoms with Gasteiger partial charge >= 0.3 is 0 Å². The Morgan fingerprint density at radius 3 is 3.00 bits per heavy atom. The lowest BCUT2D eigenvalue weighted by Gasteiger charge is -2.02. The quantitative estimate of drug-likeness (QED) is 0.560. The number of anilines is 1. The van der Waals surface area contributed by atoms with E-state index in [-0.39, 0.29) is 0 Å². The average Bonchev–Trinajstić information content (AvgIpc) is 2.36. The van der Waals surface area contributed by atoms with Gasteiger partial charge in [0.05, 0.1) is 0 Å². The van der Waals surface area contributed by atoms with Crippen LogP contribution in [0.1, 0.15) is 11.1 Å². The minimum Gasteiger partial charge on any atom is -0.398 e. The molecule has 2 N–H and O–H groups in total. The van der Waals surface area contributed by atoms with Gasteiger partial charge in [-0.2, -0.15) is 0 Å². The standard InChI is InChI=1S/C9H8IN/c10-8-4-6-2-1-3-7(6)5-9(8)11/h1,3-5H,2,11H2. The van der Waals surface area contributed by atoms with Gasteiger partial charge in [0.15, 0.2) is 0 Å². The molecule has 2 rings (SSSR count). The largest absolute Gasteiger partial charge is 0.398 e. The van der Waals surface area contributed by atoms with Gasteiger partial charge in [-0.05, 0) is 52.3 Å². The van der Waals surface area contributed by atoms with E-state index in [1.54, 1.807) is 0 Å². The SMILES string of the molecule is Nc1cc2c(cc1I)CC=C2. The summed E-state index contributed by atoms with van der Waals surface area (Å²) in [5.74, 6) is 0. The number of hydrogen-bond donors (Lipinski definition) is 1. The zero-order valence-corrected chi connectivity index (χ0v) is 8.13. The number of nitrogen functional groups attached to an aromatic ring is 1. The second kappa shape index (κ2) is 2.52. The van der Waals surface area contributed by atoms with Gasteiger partial charge in [0.2, 0.25) is 0 Å². The van der Waals surface area contributed by atoms with Crippen LogP contribution >= 0.6 is 22.6 Å². The first-order valence-electron chi connectivity index (χ1n) is 3.52. The maximum absolute atomic E-state index is 5.75. The summed E-state index contributed by atoms with van der Waals surface area (Å²) in [6.45, 7) is 0. The van der Waals surface area contributed by atoms with E-state index in [9.17, 15) is 0 Å². The van der Waals surface area contributed by atoms with Crippen LogP contribution in [0.2, 0.25) is 0 Å². The van der Waals surface area contributed by atoms with Crippen molar-refractivity contribution < 1.29 is 0 Å². The molecule has 0 radical (unpaired) electrons. The van der Waals surface area contributed by atoms with Crippen molar-refractivity contribution >= 4 is 34.4 Å². The van der Waals surface area contributed by atoms with Crippen molar-refractivity contribution in [3.8, 4) is 0 Å². The van der Waals surface area contributed by atoms with Gasteiger partial charge in [0, 0.05) is 9.26 Å². The first-order valence-corrected chi connectivity index (χ1v) is 4.59. The minimum atomic E-state index is 0.885. The lowest BCUT2D eigenvalue weighted by molar-refractivity contribution is 1.30. The number of nitrogens with two attached hydrogens (primary N) is 1. The van der Waals surface area contributed by atoms with Gasteiger partial charge in [-0.25, -0.2) is 0 Å². The van der Waals surface area contributed by atoms with Crippen molar-refractivity contribution in [2.45, 2.75) is 6.42 Å². The highest BCUT2D eigenvalue weighted by Gasteiger charge is 2.06. The molecule has 0 amide bonds. The van der Waals surface area contributed by atoms with Gasteiger partial charge in [0.25, 0.3) is 0 Å². The third-order valence-corrected chi connectivity index (χ3v) is 2.83. The van der Waals surface area contributed by atoms with Crippen molar-refractivity contribution in [2.75, 3.05) is 5.73 Å². The second-order valence-electron chi connectivity index (χ2n) is 2.68. The molecular formula is C9H8IN. The molecule has 0 unspecified atom stereocenters. The van der Waals surface area contributed by atoms with Crippen molar-refractivity contribution in [3.05, 3.63) is 32.9 Å². The Bertz CT molecular complexity index is 329. The summed E-state index contributed by atoms with van der Waals surface area (Å²) in [6, 6.07) is 4.20. The van der Waals surface area contributed by atoms with Gasteiger partial charge in [-0.3, -0.25) is 0 Å². The molecule has 0 spiro atoms. The fourth-order valence-electron chi connectivity index (χ4n) is 1.29. The Morgan fingerprint density at radius 2 is 2.18 bits per heavy atom. The van der Waals surface area contributed by atoms with Gasteiger partial charge in [-0.15, -0.1) is 0 Å². The Hall–Kier alpha value is -0.510. The highest BCUT2D eigenvalue weighted by molar-refractivity contribution is 14.1. The van der Waals surface area contributed by atoms with E-state index in [1.165, 1.54) is 11.1 Å². The molecule has 0 heterocycles. The van der Waals surface area contributed by atoms with E-state index in [0.29, 0.717) is 0 Å². The molecule has 0 bridgehead atoms. The van der Waals surface area contributed by atoms with Crippen LogP contribution in [-0.4, -0.2) is 0 Å². The molecule has 11 heavy (non-hydrogen) atoms. The molecule has 0 fully saturated rings. The summed E-state index contributed by atoms with van der Waals surface area (Å²) in [4.78, 5) is 0. The zero-order valence-electron chi connectivity index (χ0n) is 5.97. The number of halogens is 1. The van der Waals surface area contributed by atoms with E-state index in [4.69, 9.17) is 5.73 Å². The third-order valence-electron chi connectivity index (χ3n) is 1.89. The first kappa shape index (κ1) is 7.16. The third kappa shape index (κ3) is 1.15. The van der Waals surface area contributed by atoms with Gasteiger partial charge in [-0.1, -0.05) is 12.2 Å². The van der Waals surface area contributed by atoms with Crippen molar-refractivity contribution in [1.82, 2.24) is 0 Å². The molecule has 2 heteroatoms.